The first kappa shape index (κ1) is 15.4. The lowest BCUT2D eigenvalue weighted by Crippen LogP contribution is -2.41. The average molecular weight is 279 g/mol. The first-order chi connectivity index (χ1) is 9.43. The molecule has 0 aliphatic heterocycles. The van der Waals surface area contributed by atoms with Gasteiger partial charge in [0.25, 0.3) is 5.91 Å². The van der Waals surface area contributed by atoms with E-state index in [-0.39, 0.29) is 18.4 Å². The zero-order valence-corrected chi connectivity index (χ0v) is 10.4. The highest BCUT2D eigenvalue weighted by Gasteiger charge is 2.21. The molecule has 7 heteroatoms. The second kappa shape index (κ2) is 7.03. The predicted octanol–water partition coefficient (Wildman–Crippen LogP) is 0.547. The van der Waals surface area contributed by atoms with Gasteiger partial charge in [-0.05, 0) is 18.6 Å². The van der Waals surface area contributed by atoms with Crippen LogP contribution in [0.15, 0.2) is 24.3 Å². The van der Waals surface area contributed by atoms with Crippen molar-refractivity contribution in [2.45, 2.75) is 18.9 Å². The minimum absolute atomic E-state index is 0.192. The van der Waals surface area contributed by atoms with Crippen molar-refractivity contribution in [1.29, 1.82) is 0 Å². The van der Waals surface area contributed by atoms with Gasteiger partial charge in [0.2, 0.25) is 0 Å². The average Bonchev–Trinajstić information content (AvgIpc) is 2.42. The third-order valence-electron chi connectivity index (χ3n) is 2.56. The van der Waals surface area contributed by atoms with Crippen LogP contribution in [0.5, 0.6) is 0 Å². The molecular weight excluding hydrogens is 266 g/mol. The number of aldehydes is 1. The molecule has 0 aliphatic carbocycles. The summed E-state index contributed by atoms with van der Waals surface area (Å²) in [6.07, 6.45) is 0.0543. The number of rotatable bonds is 7. The van der Waals surface area contributed by atoms with Crippen molar-refractivity contribution in [2.75, 3.05) is 0 Å². The molecule has 106 valence electrons. The summed E-state index contributed by atoms with van der Waals surface area (Å²) in [5, 5.41) is 19.7. The van der Waals surface area contributed by atoms with Crippen LogP contribution in [-0.2, 0) is 9.59 Å². The maximum Gasteiger partial charge on any atom is 0.326 e. The number of carboxylic acid groups (broad SMARTS) is 2. The fourth-order valence-corrected chi connectivity index (χ4v) is 1.48. The van der Waals surface area contributed by atoms with E-state index < -0.39 is 23.9 Å². The SMILES string of the molecule is O=Cc1ccc(C(=O)N[C@H](CCC(=O)O)C(=O)O)cc1. The number of benzene rings is 1. The van der Waals surface area contributed by atoms with E-state index in [2.05, 4.69) is 5.32 Å². The summed E-state index contributed by atoms with van der Waals surface area (Å²) in [7, 11) is 0. The van der Waals surface area contributed by atoms with Gasteiger partial charge >= 0.3 is 11.9 Å². The molecule has 1 amide bonds. The molecule has 1 aromatic rings. The molecular formula is C13H13NO6. The van der Waals surface area contributed by atoms with Crippen LogP contribution in [0.3, 0.4) is 0 Å². The standard InChI is InChI=1S/C13H13NO6/c15-7-8-1-3-9(4-2-8)12(18)14-10(13(19)20)5-6-11(16)17/h1-4,7,10H,5-6H2,(H,14,18)(H,16,17)(H,19,20)/t10-/m1/s1. The summed E-state index contributed by atoms with van der Waals surface area (Å²) in [5.74, 6) is -3.08. The van der Waals surface area contributed by atoms with Gasteiger partial charge in [0.05, 0.1) is 0 Å². The predicted molar refractivity (Wildman–Crippen MR) is 67.6 cm³/mol. The number of nitrogens with one attached hydrogen (secondary N) is 1. The molecule has 0 aromatic heterocycles. The molecule has 0 bridgehead atoms. The van der Waals surface area contributed by atoms with Crippen LogP contribution in [0.25, 0.3) is 0 Å². The molecule has 0 unspecified atom stereocenters. The maximum atomic E-state index is 11.8. The summed E-state index contributed by atoms with van der Waals surface area (Å²) in [5.41, 5.74) is 0.583. The Bertz CT molecular complexity index is 522. The highest BCUT2D eigenvalue weighted by molar-refractivity contribution is 5.97. The fraction of sp³-hybridized carbons (Fsp3) is 0.231. The summed E-state index contributed by atoms with van der Waals surface area (Å²) >= 11 is 0. The topological polar surface area (TPSA) is 121 Å². The maximum absolute atomic E-state index is 11.8. The van der Waals surface area contributed by atoms with Crippen molar-refractivity contribution in [2.24, 2.45) is 0 Å². The van der Waals surface area contributed by atoms with Gasteiger partial charge in [0.15, 0.2) is 0 Å². The molecule has 0 radical (unpaired) electrons. The Morgan fingerprint density at radius 2 is 1.75 bits per heavy atom. The molecule has 0 aliphatic rings. The molecule has 1 atom stereocenters. The molecule has 0 saturated carbocycles. The molecule has 3 N–H and O–H groups in total. The number of amides is 1. The Morgan fingerprint density at radius 1 is 1.15 bits per heavy atom. The van der Waals surface area contributed by atoms with Gasteiger partial charge in [0, 0.05) is 17.5 Å². The Kier molecular flexibility index (Phi) is 5.40. The second-order valence-electron chi connectivity index (χ2n) is 4.04. The lowest BCUT2D eigenvalue weighted by molar-refractivity contribution is -0.140. The van der Waals surface area contributed by atoms with Crippen LogP contribution < -0.4 is 5.32 Å². The van der Waals surface area contributed by atoms with Crippen LogP contribution >= 0.6 is 0 Å². The number of carbonyl (C=O) groups excluding carboxylic acids is 2. The third kappa shape index (κ3) is 4.52. The van der Waals surface area contributed by atoms with Gasteiger partial charge in [-0.25, -0.2) is 4.79 Å². The molecule has 0 saturated heterocycles. The van der Waals surface area contributed by atoms with E-state index >= 15 is 0 Å². The van der Waals surface area contributed by atoms with Crippen molar-refractivity contribution in [3.05, 3.63) is 35.4 Å². The van der Waals surface area contributed by atoms with E-state index in [0.717, 1.165) is 0 Å². The highest BCUT2D eigenvalue weighted by Crippen LogP contribution is 2.05. The Labute approximate surface area is 114 Å². The van der Waals surface area contributed by atoms with Crippen LogP contribution in [-0.4, -0.2) is 40.4 Å². The lowest BCUT2D eigenvalue weighted by atomic mass is 10.1. The van der Waals surface area contributed by atoms with Crippen molar-refractivity contribution in [1.82, 2.24) is 5.32 Å². The number of hydrogen-bond acceptors (Lipinski definition) is 4. The molecule has 20 heavy (non-hydrogen) atoms. The van der Waals surface area contributed by atoms with Crippen molar-refractivity contribution in [3.63, 3.8) is 0 Å². The monoisotopic (exact) mass is 279 g/mol. The van der Waals surface area contributed by atoms with Crippen molar-refractivity contribution >= 4 is 24.1 Å². The number of hydrogen-bond donors (Lipinski definition) is 3. The number of carboxylic acids is 2. The van der Waals surface area contributed by atoms with Crippen LogP contribution in [0.1, 0.15) is 33.6 Å². The van der Waals surface area contributed by atoms with Crippen LogP contribution in [0, 0.1) is 0 Å². The largest absolute Gasteiger partial charge is 0.481 e. The van der Waals surface area contributed by atoms with Gasteiger partial charge < -0.3 is 15.5 Å². The van der Waals surface area contributed by atoms with E-state index in [4.69, 9.17) is 10.2 Å². The normalized spacial score (nSPS) is 11.4. The van der Waals surface area contributed by atoms with Gasteiger partial charge in [-0.15, -0.1) is 0 Å². The van der Waals surface area contributed by atoms with Gasteiger partial charge in [-0.3, -0.25) is 14.4 Å². The minimum atomic E-state index is -1.30. The highest BCUT2D eigenvalue weighted by atomic mass is 16.4. The molecule has 1 aromatic carbocycles. The molecule has 0 heterocycles. The summed E-state index contributed by atoms with van der Waals surface area (Å²) in [6.45, 7) is 0. The van der Waals surface area contributed by atoms with E-state index in [1.807, 2.05) is 0 Å². The molecule has 0 fully saturated rings. The van der Waals surface area contributed by atoms with E-state index in [1.54, 1.807) is 0 Å². The van der Waals surface area contributed by atoms with Gasteiger partial charge in [-0.2, -0.15) is 0 Å². The number of aliphatic carboxylic acids is 2. The number of carbonyl (C=O) groups is 4. The lowest BCUT2D eigenvalue weighted by Gasteiger charge is -2.13. The fourth-order valence-electron chi connectivity index (χ4n) is 1.48. The summed E-state index contributed by atoms with van der Waals surface area (Å²) in [4.78, 5) is 43.6. The van der Waals surface area contributed by atoms with Crippen LogP contribution in [0.4, 0.5) is 0 Å². The zero-order valence-electron chi connectivity index (χ0n) is 10.4. The Balaban J connectivity index is 2.71. The summed E-state index contributed by atoms with van der Waals surface area (Å²) in [6, 6.07) is 4.35. The Hall–Kier alpha value is -2.70. The smallest absolute Gasteiger partial charge is 0.326 e. The molecule has 7 nitrogen and oxygen atoms in total. The van der Waals surface area contributed by atoms with E-state index in [0.29, 0.717) is 11.8 Å². The van der Waals surface area contributed by atoms with Crippen LogP contribution in [0.2, 0.25) is 0 Å². The second-order valence-corrected chi connectivity index (χ2v) is 4.04. The summed E-state index contributed by atoms with van der Waals surface area (Å²) < 4.78 is 0. The van der Waals surface area contributed by atoms with Gasteiger partial charge in [0.1, 0.15) is 12.3 Å². The molecule has 1 rings (SSSR count). The van der Waals surface area contributed by atoms with E-state index in [9.17, 15) is 19.2 Å². The minimum Gasteiger partial charge on any atom is -0.481 e. The zero-order chi connectivity index (χ0) is 15.1. The molecule has 0 spiro atoms. The van der Waals surface area contributed by atoms with Gasteiger partial charge in [-0.1, -0.05) is 12.1 Å². The van der Waals surface area contributed by atoms with Crippen molar-refractivity contribution in [3.8, 4) is 0 Å². The third-order valence-corrected chi connectivity index (χ3v) is 2.56. The quantitative estimate of drug-likeness (QED) is 0.627. The first-order valence-electron chi connectivity index (χ1n) is 5.74. The first-order valence-corrected chi connectivity index (χ1v) is 5.74. The Morgan fingerprint density at radius 3 is 2.20 bits per heavy atom. The van der Waals surface area contributed by atoms with Crippen molar-refractivity contribution < 1.29 is 29.4 Å². The van der Waals surface area contributed by atoms with E-state index in [1.165, 1.54) is 24.3 Å².